The zero-order valence-corrected chi connectivity index (χ0v) is 11.1. The fraction of sp³-hybridized carbons (Fsp3) is 0.364. The van der Waals surface area contributed by atoms with E-state index < -0.39 is 11.3 Å². The van der Waals surface area contributed by atoms with Crippen molar-refractivity contribution in [3.05, 3.63) is 35.1 Å². The summed E-state index contributed by atoms with van der Waals surface area (Å²) in [6.45, 7) is 0.307. The minimum atomic E-state index is -4.25. The van der Waals surface area contributed by atoms with E-state index in [4.69, 9.17) is 10.9 Å². The van der Waals surface area contributed by atoms with Crippen LogP contribution in [0.1, 0.15) is 11.1 Å². The molecule has 0 saturated heterocycles. The van der Waals surface area contributed by atoms with Gasteiger partial charge in [0.15, 0.2) is 5.84 Å². The zero-order chi connectivity index (χ0) is 15.2. The van der Waals surface area contributed by atoms with Crippen LogP contribution in [0.4, 0.5) is 17.6 Å². The van der Waals surface area contributed by atoms with E-state index in [9.17, 15) is 17.6 Å². The number of hydrogen-bond donors (Lipinski definition) is 3. The molecule has 0 atom stereocenters. The molecule has 4 N–H and O–H groups in total. The van der Waals surface area contributed by atoms with Crippen LogP contribution in [0.3, 0.4) is 0 Å². The van der Waals surface area contributed by atoms with Crippen molar-refractivity contribution in [2.75, 3.05) is 12.3 Å². The Labute approximate surface area is 117 Å². The third-order valence-electron chi connectivity index (χ3n) is 2.32. The van der Waals surface area contributed by atoms with E-state index in [2.05, 4.69) is 10.5 Å². The van der Waals surface area contributed by atoms with Crippen LogP contribution >= 0.6 is 11.8 Å². The highest BCUT2D eigenvalue weighted by Gasteiger charge is 2.27. The quantitative estimate of drug-likeness (QED) is 0.188. The summed E-state index contributed by atoms with van der Waals surface area (Å²) in [5.74, 6) is -0.946. The van der Waals surface area contributed by atoms with Gasteiger partial charge in [-0.3, -0.25) is 0 Å². The van der Waals surface area contributed by atoms with Crippen LogP contribution in [0.5, 0.6) is 0 Å². The van der Waals surface area contributed by atoms with Crippen molar-refractivity contribution in [3.63, 3.8) is 0 Å². The average molecular weight is 311 g/mol. The normalized spacial score (nSPS) is 12.7. The summed E-state index contributed by atoms with van der Waals surface area (Å²) in [4.78, 5) is 0. The van der Waals surface area contributed by atoms with Gasteiger partial charge in [-0.15, -0.1) is 0 Å². The summed E-state index contributed by atoms with van der Waals surface area (Å²) in [6, 6.07) is 3.71. The van der Waals surface area contributed by atoms with Crippen molar-refractivity contribution in [1.82, 2.24) is 5.32 Å². The summed E-state index contributed by atoms with van der Waals surface area (Å²) < 4.78 is 48.8. The molecule has 0 aromatic heterocycles. The Morgan fingerprint density at radius 3 is 2.70 bits per heavy atom. The first-order chi connectivity index (χ1) is 9.33. The zero-order valence-electron chi connectivity index (χ0n) is 10.2. The molecule has 0 heterocycles. The highest BCUT2D eigenvalue weighted by atomic mass is 32.2. The van der Waals surface area contributed by atoms with Crippen molar-refractivity contribution in [3.8, 4) is 0 Å². The number of rotatable bonds is 6. The molecule has 0 amide bonds. The van der Waals surface area contributed by atoms with Gasteiger partial charge in [0.05, 0.1) is 0 Å². The standard InChI is InChI=1S/C11H13F4N3OS/c12-8-2-1-7(9(5-8)10(16)18-19)6-17-3-4-20-11(13,14)15/h1-2,5,17,19H,3-4,6H2,(H2,16,18). The molecule has 0 fully saturated rings. The number of nitrogens with two attached hydrogens (primary N) is 1. The predicted octanol–water partition coefficient (Wildman–Crippen LogP) is 2.26. The van der Waals surface area contributed by atoms with Crippen molar-refractivity contribution in [1.29, 1.82) is 0 Å². The number of nitrogens with zero attached hydrogens (tertiary/aromatic N) is 1. The summed E-state index contributed by atoms with van der Waals surface area (Å²) in [7, 11) is 0. The lowest BCUT2D eigenvalue weighted by Gasteiger charge is -2.10. The number of alkyl halides is 3. The molecule has 0 radical (unpaired) electrons. The Morgan fingerprint density at radius 2 is 2.10 bits per heavy atom. The Hall–Kier alpha value is -1.48. The van der Waals surface area contributed by atoms with E-state index in [1.165, 1.54) is 12.1 Å². The fourth-order valence-electron chi connectivity index (χ4n) is 1.46. The van der Waals surface area contributed by atoms with Crippen LogP contribution in [-0.4, -0.2) is 28.8 Å². The van der Waals surface area contributed by atoms with Gasteiger partial charge in [0.25, 0.3) is 0 Å². The number of benzene rings is 1. The molecule has 0 saturated carbocycles. The first-order valence-corrected chi connectivity index (χ1v) is 6.50. The first kappa shape index (κ1) is 16.6. The number of nitrogens with one attached hydrogen (secondary N) is 1. The number of hydrogen-bond acceptors (Lipinski definition) is 4. The topological polar surface area (TPSA) is 70.6 Å². The van der Waals surface area contributed by atoms with Gasteiger partial charge in [0.2, 0.25) is 0 Å². The molecule has 0 aliphatic carbocycles. The van der Waals surface area contributed by atoms with Crippen LogP contribution in [0.25, 0.3) is 0 Å². The lowest BCUT2D eigenvalue weighted by Crippen LogP contribution is -2.22. The fourth-order valence-corrected chi connectivity index (χ4v) is 1.93. The molecule has 112 valence electrons. The Kier molecular flexibility index (Phi) is 6.08. The van der Waals surface area contributed by atoms with Crippen molar-refractivity contribution < 1.29 is 22.8 Å². The monoisotopic (exact) mass is 311 g/mol. The largest absolute Gasteiger partial charge is 0.441 e. The molecular formula is C11H13F4N3OS. The smallest absolute Gasteiger partial charge is 0.409 e. The van der Waals surface area contributed by atoms with Crippen LogP contribution in [-0.2, 0) is 6.54 Å². The van der Waals surface area contributed by atoms with E-state index in [0.29, 0.717) is 5.56 Å². The molecule has 0 aliphatic rings. The second-order valence-electron chi connectivity index (χ2n) is 3.76. The van der Waals surface area contributed by atoms with Gasteiger partial charge >= 0.3 is 5.51 Å². The van der Waals surface area contributed by atoms with Crippen LogP contribution in [0.2, 0.25) is 0 Å². The number of halogens is 4. The highest BCUT2D eigenvalue weighted by Crippen LogP contribution is 2.29. The minimum absolute atomic E-state index is 0.122. The maximum Gasteiger partial charge on any atom is 0.441 e. The summed E-state index contributed by atoms with van der Waals surface area (Å²) in [5.41, 5.74) is 1.88. The maximum absolute atomic E-state index is 13.1. The molecule has 20 heavy (non-hydrogen) atoms. The molecule has 0 bridgehead atoms. The minimum Gasteiger partial charge on any atom is -0.409 e. The first-order valence-electron chi connectivity index (χ1n) is 5.51. The van der Waals surface area contributed by atoms with Crippen molar-refractivity contribution >= 4 is 17.6 Å². The number of amidine groups is 1. The molecule has 1 rings (SSSR count). The lowest BCUT2D eigenvalue weighted by molar-refractivity contribution is -0.0327. The third-order valence-corrected chi connectivity index (χ3v) is 3.05. The summed E-state index contributed by atoms with van der Waals surface area (Å²) >= 11 is -0.125. The molecular weight excluding hydrogens is 298 g/mol. The predicted molar refractivity (Wildman–Crippen MR) is 69.1 cm³/mol. The number of thioether (sulfide) groups is 1. The lowest BCUT2D eigenvalue weighted by atomic mass is 10.1. The molecule has 1 aromatic rings. The van der Waals surface area contributed by atoms with Gasteiger partial charge in [-0.25, -0.2) is 4.39 Å². The van der Waals surface area contributed by atoms with Crippen LogP contribution in [0, 0.1) is 5.82 Å². The van der Waals surface area contributed by atoms with Gasteiger partial charge in [0, 0.05) is 24.4 Å². The molecule has 1 aromatic carbocycles. The van der Waals surface area contributed by atoms with Gasteiger partial charge in [-0.2, -0.15) is 13.2 Å². The Morgan fingerprint density at radius 1 is 1.40 bits per heavy atom. The van der Waals surface area contributed by atoms with Crippen molar-refractivity contribution in [2.45, 2.75) is 12.1 Å². The molecule has 0 unspecified atom stereocenters. The Bertz CT molecular complexity index is 479. The van der Waals surface area contributed by atoms with E-state index in [1.54, 1.807) is 0 Å². The van der Waals surface area contributed by atoms with E-state index >= 15 is 0 Å². The Balaban J connectivity index is 2.56. The average Bonchev–Trinajstić information content (AvgIpc) is 2.37. The summed E-state index contributed by atoms with van der Waals surface area (Å²) in [6.07, 6.45) is 0. The van der Waals surface area contributed by atoms with E-state index in [1.807, 2.05) is 0 Å². The number of oxime groups is 1. The van der Waals surface area contributed by atoms with Gasteiger partial charge in [0.1, 0.15) is 5.82 Å². The third kappa shape index (κ3) is 5.66. The van der Waals surface area contributed by atoms with E-state index in [-0.39, 0.29) is 42.0 Å². The second-order valence-corrected chi connectivity index (χ2v) is 4.92. The summed E-state index contributed by atoms with van der Waals surface area (Å²) in [5, 5.41) is 14.2. The van der Waals surface area contributed by atoms with Gasteiger partial charge in [-0.1, -0.05) is 11.2 Å². The molecule has 9 heteroatoms. The van der Waals surface area contributed by atoms with Gasteiger partial charge < -0.3 is 16.3 Å². The second kappa shape index (κ2) is 7.34. The molecule has 0 spiro atoms. The van der Waals surface area contributed by atoms with Crippen LogP contribution in [0.15, 0.2) is 23.4 Å². The molecule has 4 nitrogen and oxygen atoms in total. The van der Waals surface area contributed by atoms with Gasteiger partial charge in [-0.05, 0) is 29.5 Å². The van der Waals surface area contributed by atoms with Crippen molar-refractivity contribution in [2.24, 2.45) is 10.9 Å². The SMILES string of the molecule is N/C(=N/O)c1cc(F)ccc1CNCCSC(F)(F)F. The van der Waals surface area contributed by atoms with E-state index in [0.717, 1.165) is 6.07 Å². The van der Waals surface area contributed by atoms with Crippen LogP contribution < -0.4 is 11.1 Å². The maximum atomic E-state index is 13.1. The highest BCUT2D eigenvalue weighted by molar-refractivity contribution is 8.00. The molecule has 0 aliphatic heterocycles.